The van der Waals surface area contributed by atoms with Gasteiger partial charge >= 0.3 is 0 Å². The molecule has 1 rings (SSSR count). The number of allylic oxidation sites excluding steroid dienone is 1. The summed E-state index contributed by atoms with van der Waals surface area (Å²) in [7, 11) is 1.60. The molecule has 0 amide bonds. The predicted molar refractivity (Wildman–Crippen MR) is 66.8 cm³/mol. The molecular formula is C14H15NO. The summed E-state index contributed by atoms with van der Waals surface area (Å²) in [4.78, 5) is 0. The van der Waals surface area contributed by atoms with Gasteiger partial charge in [0, 0.05) is 0 Å². The van der Waals surface area contributed by atoms with Crippen molar-refractivity contribution in [2.75, 3.05) is 7.11 Å². The number of terminal acetylenes is 1. The van der Waals surface area contributed by atoms with Crippen LogP contribution >= 0.6 is 0 Å². The van der Waals surface area contributed by atoms with Crippen molar-refractivity contribution in [2.45, 2.75) is 13.8 Å². The van der Waals surface area contributed by atoms with Crippen LogP contribution in [0.2, 0.25) is 0 Å². The number of hydrogen-bond acceptors (Lipinski definition) is 2. The molecule has 0 aliphatic heterocycles. The lowest BCUT2D eigenvalue weighted by atomic mass is 10.1. The van der Waals surface area contributed by atoms with Gasteiger partial charge in [-0.25, -0.2) is 0 Å². The highest BCUT2D eigenvalue weighted by Gasteiger charge is 1.93. The third-order valence-corrected chi connectivity index (χ3v) is 1.70. The number of nitrogens with zero attached hydrogens (tertiary/aromatic N) is 1. The molecule has 0 unspecified atom stereocenters. The minimum atomic E-state index is 0.315. The zero-order chi connectivity index (χ0) is 12.4. The summed E-state index contributed by atoms with van der Waals surface area (Å²) >= 11 is 0. The van der Waals surface area contributed by atoms with Crippen molar-refractivity contribution in [1.29, 1.82) is 5.26 Å². The predicted octanol–water partition coefficient (Wildman–Crippen LogP) is 3.26. The fourth-order valence-electron chi connectivity index (χ4n) is 0.973. The molecule has 16 heavy (non-hydrogen) atoms. The molecule has 2 heteroatoms. The van der Waals surface area contributed by atoms with E-state index in [1.54, 1.807) is 13.2 Å². The Hall–Kier alpha value is -2.19. The van der Waals surface area contributed by atoms with Gasteiger partial charge in [-0.15, -0.1) is 6.42 Å². The highest BCUT2D eigenvalue weighted by Crippen LogP contribution is 2.13. The summed E-state index contributed by atoms with van der Waals surface area (Å²) in [5, 5.41) is 8.60. The SMILES string of the molecule is C#C/C(C#N)=C/c1ccc(OC)cc1.CC. The Morgan fingerprint density at radius 1 is 1.31 bits per heavy atom. The molecular weight excluding hydrogens is 198 g/mol. The van der Waals surface area contributed by atoms with E-state index in [9.17, 15) is 0 Å². The highest BCUT2D eigenvalue weighted by molar-refractivity contribution is 5.63. The Morgan fingerprint density at radius 3 is 2.25 bits per heavy atom. The topological polar surface area (TPSA) is 33.0 Å². The minimum absolute atomic E-state index is 0.315. The normalized spacial score (nSPS) is 9.19. The Labute approximate surface area is 97.2 Å². The van der Waals surface area contributed by atoms with Gasteiger partial charge in [0.1, 0.15) is 17.4 Å². The number of methoxy groups -OCH3 is 1. The van der Waals surface area contributed by atoms with Crippen molar-refractivity contribution in [2.24, 2.45) is 0 Å². The van der Waals surface area contributed by atoms with Crippen molar-refractivity contribution in [1.82, 2.24) is 0 Å². The minimum Gasteiger partial charge on any atom is -0.497 e. The third-order valence-electron chi connectivity index (χ3n) is 1.70. The van der Waals surface area contributed by atoms with Crippen LogP contribution in [0.5, 0.6) is 5.75 Å². The highest BCUT2D eigenvalue weighted by atomic mass is 16.5. The van der Waals surface area contributed by atoms with E-state index in [0.29, 0.717) is 5.57 Å². The average molecular weight is 213 g/mol. The van der Waals surface area contributed by atoms with Gasteiger partial charge in [0.25, 0.3) is 0 Å². The maximum absolute atomic E-state index is 8.60. The molecule has 2 nitrogen and oxygen atoms in total. The van der Waals surface area contributed by atoms with E-state index in [0.717, 1.165) is 11.3 Å². The number of nitriles is 1. The van der Waals surface area contributed by atoms with Gasteiger partial charge in [0.2, 0.25) is 0 Å². The first-order chi connectivity index (χ1) is 7.80. The molecule has 1 aromatic carbocycles. The van der Waals surface area contributed by atoms with Gasteiger partial charge in [-0.2, -0.15) is 5.26 Å². The van der Waals surface area contributed by atoms with Crippen LogP contribution in [0.15, 0.2) is 29.8 Å². The van der Waals surface area contributed by atoms with Crippen LogP contribution < -0.4 is 4.74 Å². The molecule has 0 saturated heterocycles. The van der Waals surface area contributed by atoms with E-state index in [1.807, 2.05) is 44.2 Å². The molecule has 0 atom stereocenters. The smallest absolute Gasteiger partial charge is 0.118 e. The van der Waals surface area contributed by atoms with Gasteiger partial charge in [-0.1, -0.05) is 31.9 Å². The lowest BCUT2D eigenvalue weighted by Gasteiger charge is -1.98. The van der Waals surface area contributed by atoms with Crippen LogP contribution in [0.1, 0.15) is 19.4 Å². The first-order valence-electron chi connectivity index (χ1n) is 5.02. The Bertz CT molecular complexity index is 400. The number of rotatable bonds is 2. The quantitative estimate of drug-likeness (QED) is 0.558. The van der Waals surface area contributed by atoms with E-state index in [1.165, 1.54) is 0 Å². The van der Waals surface area contributed by atoms with Crippen LogP contribution in [0.4, 0.5) is 0 Å². The van der Waals surface area contributed by atoms with Crippen molar-refractivity contribution >= 4 is 6.08 Å². The summed E-state index contributed by atoms with van der Waals surface area (Å²) in [5.74, 6) is 3.08. The maximum atomic E-state index is 8.60. The second-order valence-electron chi connectivity index (χ2n) is 2.59. The van der Waals surface area contributed by atoms with Crippen LogP contribution in [0.25, 0.3) is 6.08 Å². The number of ether oxygens (including phenoxy) is 1. The van der Waals surface area contributed by atoms with E-state index < -0.39 is 0 Å². The van der Waals surface area contributed by atoms with E-state index >= 15 is 0 Å². The van der Waals surface area contributed by atoms with Crippen molar-refractivity contribution in [3.05, 3.63) is 35.4 Å². The van der Waals surface area contributed by atoms with E-state index in [-0.39, 0.29) is 0 Å². The lowest BCUT2D eigenvalue weighted by molar-refractivity contribution is 0.415. The monoisotopic (exact) mass is 213 g/mol. The Balaban J connectivity index is 0.00000106. The molecule has 0 heterocycles. The van der Waals surface area contributed by atoms with Crippen LogP contribution in [0, 0.1) is 23.7 Å². The second kappa shape index (κ2) is 8.15. The summed E-state index contributed by atoms with van der Waals surface area (Å²) in [6, 6.07) is 9.24. The maximum Gasteiger partial charge on any atom is 0.118 e. The Kier molecular flexibility index (Phi) is 7.03. The number of hydrogen-bond donors (Lipinski definition) is 0. The molecule has 0 radical (unpaired) electrons. The van der Waals surface area contributed by atoms with Crippen LogP contribution in [-0.4, -0.2) is 7.11 Å². The zero-order valence-corrected chi connectivity index (χ0v) is 9.82. The van der Waals surface area contributed by atoms with E-state index in [2.05, 4.69) is 5.92 Å². The molecule has 0 aromatic heterocycles. The molecule has 1 aromatic rings. The molecule has 0 bridgehead atoms. The van der Waals surface area contributed by atoms with E-state index in [4.69, 9.17) is 16.4 Å². The summed E-state index contributed by atoms with van der Waals surface area (Å²) in [5.41, 5.74) is 1.20. The van der Waals surface area contributed by atoms with Gasteiger partial charge in [-0.05, 0) is 23.8 Å². The van der Waals surface area contributed by atoms with Gasteiger partial charge < -0.3 is 4.74 Å². The molecule has 0 spiro atoms. The van der Waals surface area contributed by atoms with Gasteiger partial charge in [-0.3, -0.25) is 0 Å². The second-order valence-corrected chi connectivity index (χ2v) is 2.59. The van der Waals surface area contributed by atoms with Gasteiger partial charge in [0.05, 0.1) is 7.11 Å². The first kappa shape index (κ1) is 13.8. The molecule has 0 aliphatic rings. The first-order valence-corrected chi connectivity index (χ1v) is 5.02. The van der Waals surface area contributed by atoms with Crippen molar-refractivity contribution < 1.29 is 4.74 Å². The summed E-state index contributed by atoms with van der Waals surface area (Å²) in [6.07, 6.45) is 6.77. The van der Waals surface area contributed by atoms with Crippen LogP contribution in [0.3, 0.4) is 0 Å². The van der Waals surface area contributed by atoms with Crippen molar-refractivity contribution in [3.63, 3.8) is 0 Å². The van der Waals surface area contributed by atoms with Gasteiger partial charge in [0.15, 0.2) is 0 Å². The Morgan fingerprint density at radius 2 is 1.88 bits per heavy atom. The summed E-state index contributed by atoms with van der Waals surface area (Å²) < 4.78 is 5.00. The molecule has 0 N–H and O–H groups in total. The number of benzene rings is 1. The zero-order valence-electron chi connectivity index (χ0n) is 9.82. The third kappa shape index (κ3) is 4.35. The molecule has 0 fully saturated rings. The fraction of sp³-hybridized carbons (Fsp3) is 0.214. The largest absolute Gasteiger partial charge is 0.497 e. The standard InChI is InChI=1S/C12H9NO.C2H6/c1-3-10(9-13)8-11-4-6-12(14-2)7-5-11;1-2/h1,4-8H,2H3;1-2H3/b10-8-;. The lowest BCUT2D eigenvalue weighted by Crippen LogP contribution is -1.82. The average Bonchev–Trinajstić information content (AvgIpc) is 2.39. The molecule has 0 aliphatic carbocycles. The molecule has 82 valence electrons. The fourth-order valence-corrected chi connectivity index (χ4v) is 0.973. The summed E-state index contributed by atoms with van der Waals surface area (Å²) in [6.45, 7) is 4.00. The van der Waals surface area contributed by atoms with Crippen LogP contribution in [-0.2, 0) is 0 Å². The molecule has 0 saturated carbocycles. The van der Waals surface area contributed by atoms with Crippen molar-refractivity contribution in [3.8, 4) is 24.2 Å².